The van der Waals surface area contributed by atoms with E-state index in [1.807, 2.05) is 31.2 Å². The largest absolute Gasteiger partial charge is 0.396 e. The highest BCUT2D eigenvalue weighted by Gasteiger charge is 2.07. The molecular formula is C13H18ClNO2. The molecule has 0 spiro atoms. The first kappa shape index (κ1) is 14.0. The van der Waals surface area contributed by atoms with Gasteiger partial charge in [0.1, 0.15) is 0 Å². The minimum atomic E-state index is -0.0134. The Labute approximate surface area is 107 Å². The van der Waals surface area contributed by atoms with Gasteiger partial charge < -0.3 is 10.4 Å². The second kappa shape index (κ2) is 7.30. The molecule has 1 aromatic carbocycles. The third-order valence-corrected chi connectivity index (χ3v) is 2.68. The summed E-state index contributed by atoms with van der Waals surface area (Å²) in [5.74, 6) is -0.0134. The molecule has 1 rings (SSSR count). The maximum absolute atomic E-state index is 11.4. The molecule has 1 unspecified atom stereocenters. The lowest BCUT2D eigenvalue weighted by atomic mass is 10.1. The fourth-order valence-corrected chi connectivity index (χ4v) is 1.74. The molecule has 0 saturated heterocycles. The van der Waals surface area contributed by atoms with Gasteiger partial charge in [0.2, 0.25) is 5.91 Å². The first-order valence-electron chi connectivity index (χ1n) is 5.76. The number of amides is 1. The number of aliphatic hydroxyl groups is 1. The van der Waals surface area contributed by atoms with Crippen molar-refractivity contribution in [1.82, 2.24) is 5.32 Å². The molecule has 1 amide bonds. The topological polar surface area (TPSA) is 49.3 Å². The first-order valence-corrected chi connectivity index (χ1v) is 6.14. The van der Waals surface area contributed by atoms with Gasteiger partial charge in [0, 0.05) is 24.1 Å². The van der Waals surface area contributed by atoms with Gasteiger partial charge in [-0.05, 0) is 37.5 Å². The van der Waals surface area contributed by atoms with Crippen molar-refractivity contribution in [3.8, 4) is 0 Å². The Kier molecular flexibility index (Phi) is 6.01. The SMILES string of the molecule is CC(Cc1ccc(Cl)cc1)NC(=O)CCCO. The Balaban J connectivity index is 2.36. The van der Waals surface area contributed by atoms with E-state index in [4.69, 9.17) is 16.7 Å². The van der Waals surface area contributed by atoms with Crippen LogP contribution in [-0.2, 0) is 11.2 Å². The molecule has 0 heterocycles. The Morgan fingerprint density at radius 3 is 2.65 bits per heavy atom. The van der Waals surface area contributed by atoms with E-state index in [-0.39, 0.29) is 18.6 Å². The first-order chi connectivity index (χ1) is 8.11. The van der Waals surface area contributed by atoms with Gasteiger partial charge in [-0.1, -0.05) is 23.7 Å². The summed E-state index contributed by atoms with van der Waals surface area (Å²) in [4.78, 5) is 11.4. The summed E-state index contributed by atoms with van der Waals surface area (Å²) in [6, 6.07) is 7.69. The zero-order valence-corrected chi connectivity index (χ0v) is 10.7. The molecule has 0 aliphatic heterocycles. The standard InChI is InChI=1S/C13H18ClNO2/c1-10(15-13(17)3-2-8-16)9-11-4-6-12(14)7-5-11/h4-7,10,16H,2-3,8-9H2,1H3,(H,15,17). The van der Waals surface area contributed by atoms with Crippen LogP contribution in [-0.4, -0.2) is 23.7 Å². The Hall–Kier alpha value is -1.06. The number of hydrogen-bond acceptors (Lipinski definition) is 2. The van der Waals surface area contributed by atoms with Gasteiger partial charge in [-0.2, -0.15) is 0 Å². The molecule has 17 heavy (non-hydrogen) atoms. The van der Waals surface area contributed by atoms with E-state index in [0.717, 1.165) is 12.0 Å². The molecular weight excluding hydrogens is 238 g/mol. The van der Waals surface area contributed by atoms with Gasteiger partial charge in [0.05, 0.1) is 0 Å². The lowest BCUT2D eigenvalue weighted by molar-refractivity contribution is -0.121. The zero-order chi connectivity index (χ0) is 12.7. The predicted molar refractivity (Wildman–Crippen MR) is 69.1 cm³/mol. The number of hydrogen-bond donors (Lipinski definition) is 2. The van der Waals surface area contributed by atoms with Crippen LogP contribution < -0.4 is 5.32 Å². The average molecular weight is 256 g/mol. The Morgan fingerprint density at radius 1 is 1.41 bits per heavy atom. The van der Waals surface area contributed by atoms with Crippen molar-refractivity contribution in [2.75, 3.05) is 6.61 Å². The van der Waals surface area contributed by atoms with Crippen LogP contribution in [0.1, 0.15) is 25.3 Å². The Bertz CT molecular complexity index is 351. The fraction of sp³-hybridized carbons (Fsp3) is 0.462. The molecule has 4 heteroatoms. The zero-order valence-electron chi connectivity index (χ0n) is 9.95. The summed E-state index contributed by atoms with van der Waals surface area (Å²) in [6.45, 7) is 2.02. The summed E-state index contributed by atoms with van der Waals surface area (Å²) >= 11 is 5.80. The quantitative estimate of drug-likeness (QED) is 0.819. The van der Waals surface area contributed by atoms with Crippen LogP contribution >= 0.6 is 11.6 Å². The third-order valence-electron chi connectivity index (χ3n) is 2.42. The molecule has 0 aliphatic rings. The minimum Gasteiger partial charge on any atom is -0.396 e. The number of carbonyl (C=O) groups excluding carboxylic acids is 1. The maximum Gasteiger partial charge on any atom is 0.220 e. The second-order valence-corrected chi connectivity index (χ2v) is 4.56. The lowest BCUT2D eigenvalue weighted by Gasteiger charge is -2.13. The second-order valence-electron chi connectivity index (χ2n) is 4.13. The number of carbonyl (C=O) groups is 1. The van der Waals surface area contributed by atoms with Crippen LogP contribution in [0.3, 0.4) is 0 Å². The van der Waals surface area contributed by atoms with Gasteiger partial charge in [-0.15, -0.1) is 0 Å². The van der Waals surface area contributed by atoms with E-state index in [1.54, 1.807) is 0 Å². The molecule has 0 radical (unpaired) electrons. The minimum absolute atomic E-state index is 0.0134. The van der Waals surface area contributed by atoms with Crippen LogP contribution in [0.5, 0.6) is 0 Å². The third kappa shape index (κ3) is 5.71. The van der Waals surface area contributed by atoms with Crippen molar-refractivity contribution in [3.63, 3.8) is 0 Å². The van der Waals surface area contributed by atoms with Crippen molar-refractivity contribution in [2.45, 2.75) is 32.2 Å². The number of nitrogens with one attached hydrogen (secondary N) is 1. The number of halogens is 1. The summed E-state index contributed by atoms with van der Waals surface area (Å²) in [7, 11) is 0. The summed E-state index contributed by atoms with van der Waals surface area (Å²) in [5, 5.41) is 12.2. The van der Waals surface area contributed by atoms with Crippen LogP contribution in [0.25, 0.3) is 0 Å². The Morgan fingerprint density at radius 2 is 2.06 bits per heavy atom. The van der Waals surface area contributed by atoms with Crippen molar-refractivity contribution in [3.05, 3.63) is 34.9 Å². The predicted octanol–water partition coefficient (Wildman–Crippen LogP) is 2.16. The van der Waals surface area contributed by atoms with E-state index >= 15 is 0 Å². The molecule has 0 bridgehead atoms. The smallest absolute Gasteiger partial charge is 0.220 e. The summed E-state index contributed by atoms with van der Waals surface area (Å²) in [6.07, 6.45) is 1.67. The van der Waals surface area contributed by atoms with E-state index in [0.29, 0.717) is 17.9 Å². The normalized spacial score (nSPS) is 12.2. The van der Waals surface area contributed by atoms with Crippen LogP contribution in [0.2, 0.25) is 5.02 Å². The molecule has 0 aliphatic carbocycles. The monoisotopic (exact) mass is 255 g/mol. The lowest BCUT2D eigenvalue weighted by Crippen LogP contribution is -2.34. The fourth-order valence-electron chi connectivity index (χ4n) is 1.61. The maximum atomic E-state index is 11.4. The van der Waals surface area contributed by atoms with Crippen molar-refractivity contribution >= 4 is 17.5 Å². The molecule has 2 N–H and O–H groups in total. The van der Waals surface area contributed by atoms with Crippen LogP contribution in [0, 0.1) is 0 Å². The van der Waals surface area contributed by atoms with Crippen LogP contribution in [0.4, 0.5) is 0 Å². The number of aliphatic hydroxyl groups excluding tert-OH is 1. The van der Waals surface area contributed by atoms with Gasteiger partial charge in [0.15, 0.2) is 0 Å². The molecule has 3 nitrogen and oxygen atoms in total. The molecule has 94 valence electrons. The number of rotatable bonds is 6. The van der Waals surface area contributed by atoms with Gasteiger partial charge in [0.25, 0.3) is 0 Å². The summed E-state index contributed by atoms with van der Waals surface area (Å²) in [5.41, 5.74) is 1.14. The van der Waals surface area contributed by atoms with Crippen molar-refractivity contribution in [2.24, 2.45) is 0 Å². The van der Waals surface area contributed by atoms with E-state index in [2.05, 4.69) is 5.32 Å². The molecule has 0 fully saturated rings. The van der Waals surface area contributed by atoms with E-state index < -0.39 is 0 Å². The van der Waals surface area contributed by atoms with Gasteiger partial charge in [-0.3, -0.25) is 4.79 Å². The highest BCUT2D eigenvalue weighted by atomic mass is 35.5. The molecule has 1 atom stereocenters. The highest BCUT2D eigenvalue weighted by Crippen LogP contribution is 2.11. The number of benzene rings is 1. The molecule has 0 aromatic heterocycles. The molecule has 0 saturated carbocycles. The van der Waals surface area contributed by atoms with E-state index in [1.165, 1.54) is 0 Å². The van der Waals surface area contributed by atoms with Gasteiger partial charge in [-0.25, -0.2) is 0 Å². The highest BCUT2D eigenvalue weighted by molar-refractivity contribution is 6.30. The van der Waals surface area contributed by atoms with Crippen molar-refractivity contribution < 1.29 is 9.90 Å². The van der Waals surface area contributed by atoms with Crippen LogP contribution in [0.15, 0.2) is 24.3 Å². The van der Waals surface area contributed by atoms with Gasteiger partial charge >= 0.3 is 0 Å². The van der Waals surface area contributed by atoms with Crippen molar-refractivity contribution in [1.29, 1.82) is 0 Å². The summed E-state index contributed by atoms with van der Waals surface area (Å²) < 4.78 is 0. The van der Waals surface area contributed by atoms with E-state index in [9.17, 15) is 4.79 Å². The average Bonchev–Trinajstić information content (AvgIpc) is 2.29. The molecule has 1 aromatic rings.